The van der Waals surface area contributed by atoms with Crippen molar-refractivity contribution < 1.29 is 37.4 Å². The number of carbonyl (C=O) groups is 4. The molecule has 33 heavy (non-hydrogen) atoms. The number of aliphatic carboxylic acids is 1. The van der Waals surface area contributed by atoms with Crippen molar-refractivity contribution in [1.82, 2.24) is 15.5 Å². The first kappa shape index (κ1) is 24.2. The van der Waals surface area contributed by atoms with Crippen LogP contribution in [0.15, 0.2) is 42.1 Å². The first-order chi connectivity index (χ1) is 15.3. The number of benzene rings is 1. The summed E-state index contributed by atoms with van der Waals surface area (Å²) in [4.78, 5) is 49.9. The molecule has 4 atom stereocenters. The fourth-order valence-corrected chi connectivity index (χ4v) is 6.34. The maximum absolute atomic E-state index is 13.2. The van der Waals surface area contributed by atoms with Crippen LogP contribution in [0.25, 0.3) is 0 Å². The number of hydrogen-bond donors (Lipinski definition) is 3. The van der Waals surface area contributed by atoms with Crippen molar-refractivity contribution >= 4 is 33.6 Å². The predicted octanol–water partition coefficient (Wildman–Crippen LogP) is -0.293. The number of nitrogens with one attached hydrogen (secondary N) is 2. The first-order valence-corrected chi connectivity index (χ1v) is 11.6. The van der Waals surface area contributed by atoms with Gasteiger partial charge in [-0.3, -0.25) is 9.59 Å². The fraction of sp³-hybridized carbons (Fsp3) is 0.429. The summed E-state index contributed by atoms with van der Waals surface area (Å²) in [5, 5.41) is 13.4. The van der Waals surface area contributed by atoms with Gasteiger partial charge in [-0.05, 0) is 26.3 Å². The molecule has 0 aromatic heterocycles. The lowest BCUT2D eigenvalue weighted by atomic mass is 9.95. The number of allylic oxidation sites excluding steroid dienone is 1. The lowest BCUT2D eigenvalue weighted by Crippen LogP contribution is -2.72. The molecular formula is C21H25N3O8S. The minimum Gasteiger partial charge on any atom is -0.480 e. The molecule has 2 aliphatic rings. The molecule has 0 saturated carbocycles. The molecule has 2 amide bonds. The minimum atomic E-state index is -4.10. The summed E-state index contributed by atoms with van der Waals surface area (Å²) in [7, 11) is -2.90. The van der Waals surface area contributed by atoms with E-state index in [-0.39, 0.29) is 0 Å². The standard InChI is InChI=1S/C21H25N3O8S/c1-11(10-13(25)32-4)22-14(12-8-6-5-7-9-12)17(26)23-15-18(27)24-16(20(28)29)21(2,3)33(30,31)19(15)24/h5-10,14-16,19,22H,1-4H3,(H,23,26)(H,28,29)/b11-10-/t14-,15-,16+,19-/m1/s1. The van der Waals surface area contributed by atoms with E-state index in [0.717, 1.165) is 11.0 Å². The summed E-state index contributed by atoms with van der Waals surface area (Å²) in [6.07, 6.45) is 1.14. The number of carbonyl (C=O) groups excluding carboxylic acids is 3. The summed E-state index contributed by atoms with van der Waals surface area (Å²) in [6, 6.07) is 4.36. The molecule has 0 radical (unpaired) electrons. The zero-order valence-electron chi connectivity index (χ0n) is 18.4. The predicted molar refractivity (Wildman–Crippen MR) is 115 cm³/mol. The normalized spacial score (nSPS) is 25.9. The van der Waals surface area contributed by atoms with Gasteiger partial charge in [0.05, 0.1) is 7.11 Å². The lowest BCUT2D eigenvalue weighted by Gasteiger charge is -2.43. The van der Waals surface area contributed by atoms with Crippen molar-refractivity contribution in [1.29, 1.82) is 0 Å². The van der Waals surface area contributed by atoms with Gasteiger partial charge in [0, 0.05) is 11.8 Å². The molecule has 3 N–H and O–H groups in total. The van der Waals surface area contributed by atoms with Crippen molar-refractivity contribution in [3.8, 4) is 0 Å². The smallest absolute Gasteiger partial charge is 0.332 e. The van der Waals surface area contributed by atoms with E-state index in [1.54, 1.807) is 30.3 Å². The summed E-state index contributed by atoms with van der Waals surface area (Å²) in [5.74, 6) is -3.58. The monoisotopic (exact) mass is 479 g/mol. The molecule has 0 spiro atoms. The number of amides is 2. The Bertz CT molecular complexity index is 1130. The van der Waals surface area contributed by atoms with E-state index in [0.29, 0.717) is 11.3 Å². The number of carboxylic acids is 1. The number of hydrogen-bond acceptors (Lipinski definition) is 8. The third-order valence-electron chi connectivity index (χ3n) is 5.90. The van der Waals surface area contributed by atoms with Crippen LogP contribution in [-0.4, -0.2) is 71.5 Å². The van der Waals surface area contributed by atoms with Gasteiger partial charge in [0.15, 0.2) is 15.2 Å². The van der Waals surface area contributed by atoms with Crippen LogP contribution in [0.3, 0.4) is 0 Å². The molecule has 1 aromatic carbocycles. The second-order valence-electron chi connectivity index (χ2n) is 8.35. The Kier molecular flexibility index (Phi) is 6.25. The molecule has 0 unspecified atom stereocenters. The number of rotatable bonds is 7. The Morgan fingerprint density at radius 2 is 1.82 bits per heavy atom. The Morgan fingerprint density at radius 1 is 1.21 bits per heavy atom. The average molecular weight is 480 g/mol. The largest absolute Gasteiger partial charge is 0.480 e. The minimum absolute atomic E-state index is 0.299. The van der Waals surface area contributed by atoms with Crippen LogP contribution in [0.4, 0.5) is 0 Å². The molecule has 178 valence electrons. The number of ether oxygens (including phenoxy) is 1. The molecule has 3 rings (SSSR count). The van der Waals surface area contributed by atoms with E-state index < -0.39 is 61.8 Å². The zero-order chi connectivity index (χ0) is 24.7. The van der Waals surface area contributed by atoms with Gasteiger partial charge in [0.2, 0.25) is 11.8 Å². The van der Waals surface area contributed by atoms with Gasteiger partial charge in [0.1, 0.15) is 22.9 Å². The summed E-state index contributed by atoms with van der Waals surface area (Å²) >= 11 is 0. The molecule has 2 fully saturated rings. The van der Waals surface area contributed by atoms with Gasteiger partial charge >= 0.3 is 11.9 Å². The van der Waals surface area contributed by atoms with Crippen molar-refractivity contribution in [2.45, 2.75) is 49.0 Å². The number of esters is 1. The van der Waals surface area contributed by atoms with Gasteiger partial charge in [-0.2, -0.15) is 0 Å². The Hall–Kier alpha value is -3.41. The van der Waals surface area contributed by atoms with Crippen molar-refractivity contribution in [2.24, 2.45) is 0 Å². The van der Waals surface area contributed by atoms with E-state index >= 15 is 0 Å². The Balaban J connectivity index is 1.89. The number of methoxy groups -OCH3 is 1. The summed E-state index contributed by atoms with van der Waals surface area (Å²) in [5.41, 5.74) is 0.794. The highest BCUT2D eigenvalue weighted by molar-refractivity contribution is 7.94. The topological polar surface area (TPSA) is 159 Å². The SMILES string of the molecule is COC(=O)/C=C(/C)N[C@@H](C(=O)N[C@@H]1C(=O)N2[C@@H](C(=O)O)C(C)(C)S(=O)(=O)[C@H]12)c1ccccc1. The van der Waals surface area contributed by atoms with Crippen LogP contribution >= 0.6 is 0 Å². The first-order valence-electron chi connectivity index (χ1n) is 10.0. The second kappa shape index (κ2) is 8.50. The van der Waals surface area contributed by atoms with E-state index in [1.165, 1.54) is 27.9 Å². The molecule has 11 nitrogen and oxygen atoms in total. The molecule has 2 heterocycles. The highest BCUT2D eigenvalue weighted by Crippen LogP contribution is 2.46. The second-order valence-corrected chi connectivity index (χ2v) is 11.0. The van der Waals surface area contributed by atoms with Crippen LogP contribution < -0.4 is 10.6 Å². The third-order valence-corrected chi connectivity index (χ3v) is 8.73. The summed E-state index contributed by atoms with van der Waals surface area (Å²) < 4.78 is 28.9. The Morgan fingerprint density at radius 3 is 2.36 bits per heavy atom. The number of carboxylic acid groups (broad SMARTS) is 1. The van der Waals surface area contributed by atoms with E-state index in [1.807, 2.05) is 0 Å². The summed E-state index contributed by atoms with van der Waals surface area (Å²) in [6.45, 7) is 4.04. The Labute approximate surface area is 190 Å². The van der Waals surface area contributed by atoms with Gasteiger partial charge in [-0.1, -0.05) is 30.3 Å². The molecular weight excluding hydrogens is 454 g/mol. The van der Waals surface area contributed by atoms with Gasteiger partial charge < -0.3 is 25.4 Å². The van der Waals surface area contributed by atoms with Crippen molar-refractivity contribution in [3.63, 3.8) is 0 Å². The molecule has 12 heteroatoms. The molecule has 0 aliphatic carbocycles. The third kappa shape index (κ3) is 3.94. The van der Waals surface area contributed by atoms with Gasteiger partial charge in [-0.25, -0.2) is 18.0 Å². The maximum Gasteiger partial charge on any atom is 0.332 e. The van der Waals surface area contributed by atoms with Gasteiger partial charge in [-0.15, -0.1) is 0 Å². The quantitative estimate of drug-likeness (QED) is 0.271. The number of nitrogens with zero attached hydrogens (tertiary/aromatic N) is 1. The number of fused-ring (bicyclic) bond motifs is 1. The van der Waals surface area contributed by atoms with Crippen LogP contribution in [-0.2, 0) is 33.8 Å². The number of β-lactam (4-membered cyclic amide) rings is 1. The van der Waals surface area contributed by atoms with Crippen molar-refractivity contribution in [2.75, 3.05) is 7.11 Å². The van der Waals surface area contributed by atoms with Crippen LogP contribution in [0.5, 0.6) is 0 Å². The molecule has 1 aromatic rings. The van der Waals surface area contributed by atoms with Crippen LogP contribution in [0.2, 0.25) is 0 Å². The lowest BCUT2D eigenvalue weighted by molar-refractivity contribution is -0.161. The zero-order valence-corrected chi connectivity index (χ0v) is 19.3. The van der Waals surface area contributed by atoms with E-state index in [4.69, 9.17) is 0 Å². The van der Waals surface area contributed by atoms with E-state index in [9.17, 15) is 32.7 Å². The highest BCUT2D eigenvalue weighted by Gasteiger charge is 2.72. The molecule has 0 bridgehead atoms. The van der Waals surface area contributed by atoms with Crippen LogP contribution in [0, 0.1) is 0 Å². The maximum atomic E-state index is 13.2. The van der Waals surface area contributed by atoms with Crippen molar-refractivity contribution in [3.05, 3.63) is 47.7 Å². The highest BCUT2D eigenvalue weighted by atomic mass is 32.2. The van der Waals surface area contributed by atoms with Crippen LogP contribution in [0.1, 0.15) is 32.4 Å². The number of sulfone groups is 1. The fourth-order valence-electron chi connectivity index (χ4n) is 4.13. The average Bonchev–Trinajstić information content (AvgIpc) is 2.90. The van der Waals surface area contributed by atoms with E-state index in [2.05, 4.69) is 15.4 Å². The van der Waals surface area contributed by atoms with Gasteiger partial charge in [0.25, 0.3) is 0 Å². The molecule has 2 saturated heterocycles. The molecule has 2 aliphatic heterocycles.